The Bertz CT molecular complexity index is 1160. The van der Waals surface area contributed by atoms with Gasteiger partial charge in [-0.05, 0) is 62.2 Å². The zero-order valence-electron chi connectivity index (χ0n) is 22.9. The van der Waals surface area contributed by atoms with Crippen molar-refractivity contribution >= 4 is 28.6 Å². The minimum Gasteiger partial charge on any atom is -0.444 e. The van der Waals surface area contributed by atoms with Crippen molar-refractivity contribution in [3.63, 3.8) is 0 Å². The molecule has 0 saturated carbocycles. The first-order valence-corrected chi connectivity index (χ1v) is 13.5. The number of halogens is 2. The first kappa shape index (κ1) is 30.8. The largest absolute Gasteiger partial charge is 0.444 e. The van der Waals surface area contributed by atoms with Crippen LogP contribution in [0.15, 0.2) is 48.7 Å². The van der Waals surface area contributed by atoms with Crippen LogP contribution >= 0.6 is 11.6 Å². The number of hydrogen-bond acceptors (Lipinski definition) is 6. The van der Waals surface area contributed by atoms with Crippen molar-refractivity contribution in [2.24, 2.45) is 0 Å². The van der Waals surface area contributed by atoms with Gasteiger partial charge in [0, 0.05) is 42.8 Å². The number of benzene rings is 2. The molecule has 1 heterocycles. The van der Waals surface area contributed by atoms with E-state index in [1.165, 1.54) is 0 Å². The van der Waals surface area contributed by atoms with Crippen molar-refractivity contribution in [3.05, 3.63) is 70.6 Å². The molecule has 0 spiro atoms. The number of carbonyl (C=O) groups excluding carboxylic acids is 1. The molecule has 10 heteroatoms. The fraction of sp³-hybridized carbons (Fsp3) is 0.483. The number of nitrogens with one attached hydrogen (secondary N) is 2. The third-order valence-electron chi connectivity index (χ3n) is 5.60. The van der Waals surface area contributed by atoms with Gasteiger partial charge in [0.05, 0.1) is 45.2 Å². The highest BCUT2D eigenvalue weighted by atomic mass is 35.5. The first-order valence-electron chi connectivity index (χ1n) is 13.1. The Hall–Kier alpha value is -2.69. The molecule has 0 unspecified atom stereocenters. The summed E-state index contributed by atoms with van der Waals surface area (Å²) in [4.78, 5) is 11.5. The van der Waals surface area contributed by atoms with E-state index >= 15 is 0 Å². The van der Waals surface area contributed by atoms with Gasteiger partial charge in [0.25, 0.3) is 0 Å². The lowest BCUT2D eigenvalue weighted by molar-refractivity contribution is 0.0145. The van der Waals surface area contributed by atoms with Gasteiger partial charge < -0.3 is 34.1 Å². The molecule has 39 heavy (non-hydrogen) atoms. The van der Waals surface area contributed by atoms with Crippen molar-refractivity contribution in [1.29, 1.82) is 0 Å². The van der Waals surface area contributed by atoms with Gasteiger partial charge in [0.15, 0.2) is 0 Å². The highest BCUT2D eigenvalue weighted by molar-refractivity contribution is 6.30. The molecule has 0 saturated heterocycles. The zero-order valence-corrected chi connectivity index (χ0v) is 23.7. The molecule has 3 rings (SSSR count). The topological polar surface area (TPSA) is 83.0 Å². The van der Waals surface area contributed by atoms with Crippen LogP contribution in [0.5, 0.6) is 0 Å². The summed E-state index contributed by atoms with van der Waals surface area (Å²) in [5.41, 5.74) is 2.35. The fourth-order valence-corrected chi connectivity index (χ4v) is 3.98. The van der Waals surface area contributed by atoms with E-state index in [0.717, 1.165) is 22.0 Å². The summed E-state index contributed by atoms with van der Waals surface area (Å²) in [5.74, 6) is -0.257. The van der Waals surface area contributed by atoms with Crippen LogP contribution in [0.1, 0.15) is 31.9 Å². The van der Waals surface area contributed by atoms with E-state index in [-0.39, 0.29) is 5.82 Å². The lowest BCUT2D eigenvalue weighted by atomic mass is 10.1. The standard InChI is InChI=1S/C29H39ClFN3O5/c1-29(2,3)39-28(35)33-10-13-37-15-17-38-16-14-36-12-9-32-20-23-18-25(31)19-27-26(23)8-11-34(27)21-22-4-6-24(30)7-5-22/h4-8,11,18-19,32H,9-10,12-17,20-21H2,1-3H3,(H,33,35). The summed E-state index contributed by atoms with van der Waals surface area (Å²) in [6.07, 6.45) is 1.53. The van der Waals surface area contributed by atoms with Gasteiger partial charge in [-0.25, -0.2) is 9.18 Å². The molecule has 0 aliphatic rings. The third kappa shape index (κ3) is 11.5. The SMILES string of the molecule is CC(C)(C)OC(=O)NCCOCCOCCOCCNCc1cc(F)cc2c1ccn2Cc1ccc(Cl)cc1. The minimum absolute atomic E-state index is 0.257. The smallest absolute Gasteiger partial charge is 0.407 e. The van der Waals surface area contributed by atoms with Crippen LogP contribution < -0.4 is 10.6 Å². The Morgan fingerprint density at radius 1 is 0.923 bits per heavy atom. The molecule has 0 fully saturated rings. The molecule has 214 valence electrons. The van der Waals surface area contributed by atoms with Crippen molar-refractivity contribution in [2.75, 3.05) is 52.7 Å². The molecule has 1 aromatic heterocycles. The molecule has 0 aliphatic carbocycles. The van der Waals surface area contributed by atoms with Crippen molar-refractivity contribution < 1.29 is 28.1 Å². The number of amides is 1. The quantitative estimate of drug-likeness (QED) is 0.235. The average molecular weight is 564 g/mol. The second kappa shape index (κ2) is 15.8. The maximum Gasteiger partial charge on any atom is 0.407 e. The summed E-state index contributed by atoms with van der Waals surface area (Å²) < 4.78 is 38.0. The molecule has 3 aromatic rings. The Morgan fingerprint density at radius 2 is 1.56 bits per heavy atom. The second-order valence-corrected chi connectivity index (χ2v) is 10.4. The van der Waals surface area contributed by atoms with Gasteiger partial charge in [0.2, 0.25) is 0 Å². The molecule has 0 aliphatic heterocycles. The minimum atomic E-state index is -0.516. The predicted octanol–water partition coefficient (Wildman–Crippen LogP) is 5.15. The van der Waals surface area contributed by atoms with E-state index in [4.69, 9.17) is 30.5 Å². The highest BCUT2D eigenvalue weighted by Gasteiger charge is 2.15. The van der Waals surface area contributed by atoms with Crippen LogP contribution in [-0.4, -0.2) is 69.0 Å². The molecule has 8 nitrogen and oxygen atoms in total. The number of hydrogen-bond donors (Lipinski definition) is 2. The summed E-state index contributed by atoms with van der Waals surface area (Å²) in [7, 11) is 0. The van der Waals surface area contributed by atoms with Crippen LogP contribution in [0, 0.1) is 5.82 Å². The van der Waals surface area contributed by atoms with E-state index < -0.39 is 11.7 Å². The second-order valence-electron chi connectivity index (χ2n) is 10.0. The van der Waals surface area contributed by atoms with E-state index in [9.17, 15) is 9.18 Å². The molecular formula is C29H39ClFN3O5. The van der Waals surface area contributed by atoms with Gasteiger partial charge in [-0.1, -0.05) is 23.7 Å². The van der Waals surface area contributed by atoms with E-state index in [0.29, 0.717) is 70.8 Å². The van der Waals surface area contributed by atoms with Crippen molar-refractivity contribution in [1.82, 2.24) is 15.2 Å². The number of alkyl carbamates (subject to hydrolysis) is 1. The molecule has 0 bridgehead atoms. The number of carbonyl (C=O) groups is 1. The summed E-state index contributed by atoms with van der Waals surface area (Å²) in [5, 5.41) is 7.67. The van der Waals surface area contributed by atoms with Crippen LogP contribution in [0.25, 0.3) is 10.9 Å². The molecular weight excluding hydrogens is 525 g/mol. The van der Waals surface area contributed by atoms with Crippen LogP contribution in [0.3, 0.4) is 0 Å². The van der Waals surface area contributed by atoms with Gasteiger partial charge in [-0.15, -0.1) is 0 Å². The predicted molar refractivity (Wildman–Crippen MR) is 151 cm³/mol. The van der Waals surface area contributed by atoms with Gasteiger partial charge in [0.1, 0.15) is 11.4 Å². The fourth-order valence-electron chi connectivity index (χ4n) is 3.85. The van der Waals surface area contributed by atoms with Crippen molar-refractivity contribution in [3.8, 4) is 0 Å². The van der Waals surface area contributed by atoms with E-state index in [1.54, 1.807) is 12.1 Å². The number of aromatic nitrogens is 1. The molecule has 0 atom stereocenters. The van der Waals surface area contributed by atoms with Crippen LogP contribution in [-0.2, 0) is 32.0 Å². The molecule has 2 N–H and O–H groups in total. The first-order chi connectivity index (χ1) is 18.7. The summed E-state index contributed by atoms with van der Waals surface area (Å²) >= 11 is 5.98. The van der Waals surface area contributed by atoms with Crippen molar-refractivity contribution in [2.45, 2.75) is 39.5 Å². The lowest BCUT2D eigenvalue weighted by Gasteiger charge is -2.19. The molecule has 0 radical (unpaired) electrons. The van der Waals surface area contributed by atoms with Crippen LogP contribution in [0.4, 0.5) is 9.18 Å². The maximum absolute atomic E-state index is 14.4. The third-order valence-corrected chi connectivity index (χ3v) is 5.85. The Labute approximate surface area is 234 Å². The van der Waals surface area contributed by atoms with Crippen LogP contribution in [0.2, 0.25) is 5.02 Å². The van der Waals surface area contributed by atoms with Gasteiger partial charge >= 0.3 is 6.09 Å². The Balaban J connectivity index is 1.24. The normalized spacial score (nSPS) is 11.7. The molecule has 2 aromatic carbocycles. The lowest BCUT2D eigenvalue weighted by Crippen LogP contribution is -2.34. The monoisotopic (exact) mass is 563 g/mol. The summed E-state index contributed by atoms with van der Waals surface area (Å²) in [6, 6.07) is 12.8. The number of fused-ring (bicyclic) bond motifs is 1. The summed E-state index contributed by atoms with van der Waals surface area (Å²) in [6.45, 7) is 10.4. The number of ether oxygens (including phenoxy) is 4. The maximum atomic E-state index is 14.4. The Kier molecular flexibility index (Phi) is 12.5. The van der Waals surface area contributed by atoms with E-state index in [2.05, 4.69) is 10.6 Å². The molecule has 1 amide bonds. The Morgan fingerprint density at radius 3 is 2.23 bits per heavy atom. The number of nitrogens with zero attached hydrogens (tertiary/aromatic N) is 1. The van der Waals surface area contributed by atoms with E-state index in [1.807, 2.05) is 61.9 Å². The highest BCUT2D eigenvalue weighted by Crippen LogP contribution is 2.23. The zero-order chi connectivity index (χ0) is 28.1. The van der Waals surface area contributed by atoms with Gasteiger partial charge in [-0.2, -0.15) is 0 Å². The number of rotatable bonds is 16. The average Bonchev–Trinajstić information content (AvgIpc) is 3.26. The van der Waals surface area contributed by atoms with Gasteiger partial charge in [-0.3, -0.25) is 0 Å².